The van der Waals surface area contributed by atoms with E-state index in [1.54, 1.807) is 0 Å². The van der Waals surface area contributed by atoms with Gasteiger partial charge in [0.05, 0.1) is 6.42 Å². The molecule has 0 aromatic carbocycles. The van der Waals surface area contributed by atoms with Gasteiger partial charge >= 0.3 is 5.97 Å². The van der Waals surface area contributed by atoms with Crippen LogP contribution in [0.5, 0.6) is 0 Å². The Balaban J connectivity index is 1.45. The van der Waals surface area contributed by atoms with Crippen molar-refractivity contribution in [3.8, 4) is 0 Å². The Morgan fingerprint density at radius 2 is 2.00 bits per heavy atom. The summed E-state index contributed by atoms with van der Waals surface area (Å²) >= 11 is 0. The van der Waals surface area contributed by atoms with Crippen LogP contribution in [-0.4, -0.2) is 17.9 Å². The zero-order valence-electron chi connectivity index (χ0n) is 13.9. The monoisotopic (exact) mass is 314 g/mol. The number of hydrogen-bond donors (Lipinski definition) is 0. The van der Waals surface area contributed by atoms with Crippen LogP contribution >= 0.6 is 0 Å². The second kappa shape index (κ2) is 4.70. The van der Waals surface area contributed by atoms with E-state index in [1.807, 2.05) is 6.08 Å². The zero-order chi connectivity index (χ0) is 15.8. The molecule has 0 amide bonds. The topological polar surface area (TPSA) is 43.4 Å². The summed E-state index contributed by atoms with van der Waals surface area (Å²) in [7, 11) is 0. The SMILES string of the molecule is C[C@]12CC[C@H]3[C@H](CCC4=CC(=O)CC[C@H]43)[C@@H]1C[C@@H]1CC(=O)O[C@H]12. The van der Waals surface area contributed by atoms with E-state index in [1.165, 1.54) is 31.3 Å². The van der Waals surface area contributed by atoms with Crippen molar-refractivity contribution in [2.75, 3.05) is 0 Å². The van der Waals surface area contributed by atoms with Gasteiger partial charge in [-0.15, -0.1) is 0 Å². The lowest BCUT2D eigenvalue weighted by Gasteiger charge is -2.53. The molecule has 5 aliphatic rings. The summed E-state index contributed by atoms with van der Waals surface area (Å²) in [6.45, 7) is 2.40. The second-order valence-electron chi connectivity index (χ2n) is 8.96. The second-order valence-corrected chi connectivity index (χ2v) is 8.96. The molecule has 0 aromatic heterocycles. The third-order valence-electron chi connectivity index (χ3n) is 8.06. The van der Waals surface area contributed by atoms with Crippen LogP contribution in [0.4, 0.5) is 0 Å². The van der Waals surface area contributed by atoms with Gasteiger partial charge in [0.25, 0.3) is 0 Å². The number of esters is 1. The summed E-state index contributed by atoms with van der Waals surface area (Å²) < 4.78 is 5.76. The summed E-state index contributed by atoms with van der Waals surface area (Å²) in [5.74, 6) is 3.80. The summed E-state index contributed by atoms with van der Waals surface area (Å²) in [5.41, 5.74) is 1.67. The Labute approximate surface area is 137 Å². The molecule has 3 heteroatoms. The first kappa shape index (κ1) is 14.2. The van der Waals surface area contributed by atoms with Gasteiger partial charge in [-0.05, 0) is 68.3 Å². The third-order valence-corrected chi connectivity index (χ3v) is 8.06. The van der Waals surface area contributed by atoms with E-state index in [9.17, 15) is 9.59 Å². The highest BCUT2D eigenvalue weighted by molar-refractivity contribution is 5.91. The van der Waals surface area contributed by atoms with Crippen molar-refractivity contribution in [3.05, 3.63) is 11.6 Å². The van der Waals surface area contributed by atoms with Gasteiger partial charge in [-0.1, -0.05) is 12.5 Å². The van der Waals surface area contributed by atoms with Gasteiger partial charge in [0.1, 0.15) is 6.10 Å². The Hall–Kier alpha value is -1.12. The minimum atomic E-state index is 0.0291. The molecule has 0 spiro atoms. The highest BCUT2D eigenvalue weighted by Gasteiger charge is 2.62. The Bertz CT molecular complexity index is 606. The summed E-state index contributed by atoms with van der Waals surface area (Å²) in [6.07, 6.45) is 10.7. The fourth-order valence-corrected chi connectivity index (χ4v) is 7.14. The molecule has 7 atom stereocenters. The van der Waals surface area contributed by atoms with Crippen LogP contribution in [0.15, 0.2) is 11.6 Å². The number of carbonyl (C=O) groups excluding carboxylic acids is 2. The molecule has 5 rings (SSSR count). The van der Waals surface area contributed by atoms with Crippen molar-refractivity contribution >= 4 is 11.8 Å². The van der Waals surface area contributed by atoms with E-state index in [-0.39, 0.29) is 17.5 Å². The van der Waals surface area contributed by atoms with Crippen LogP contribution in [0.1, 0.15) is 58.3 Å². The number of carbonyl (C=O) groups is 2. The summed E-state index contributed by atoms with van der Waals surface area (Å²) in [5, 5.41) is 0. The molecule has 4 fully saturated rings. The lowest BCUT2D eigenvalue weighted by molar-refractivity contribution is -0.150. The lowest BCUT2D eigenvalue weighted by atomic mass is 9.52. The third kappa shape index (κ3) is 1.88. The summed E-state index contributed by atoms with van der Waals surface area (Å²) in [6, 6.07) is 0. The molecule has 0 aromatic rings. The van der Waals surface area contributed by atoms with E-state index in [0.29, 0.717) is 24.0 Å². The number of ether oxygens (including phenoxy) is 1. The Morgan fingerprint density at radius 1 is 1.13 bits per heavy atom. The van der Waals surface area contributed by atoms with E-state index in [4.69, 9.17) is 4.74 Å². The smallest absolute Gasteiger partial charge is 0.306 e. The predicted molar refractivity (Wildman–Crippen MR) is 85.5 cm³/mol. The predicted octanol–water partition coefficient (Wildman–Crippen LogP) is 3.67. The van der Waals surface area contributed by atoms with Crippen molar-refractivity contribution < 1.29 is 14.3 Å². The Morgan fingerprint density at radius 3 is 2.87 bits per heavy atom. The van der Waals surface area contributed by atoms with E-state index < -0.39 is 0 Å². The minimum Gasteiger partial charge on any atom is -0.461 e. The molecule has 0 radical (unpaired) electrons. The van der Waals surface area contributed by atoms with Crippen molar-refractivity contribution in [2.45, 2.75) is 64.4 Å². The van der Waals surface area contributed by atoms with E-state index in [0.717, 1.165) is 37.0 Å². The number of allylic oxidation sites excluding steroid dienone is 1. The maximum Gasteiger partial charge on any atom is 0.306 e. The molecule has 4 aliphatic carbocycles. The standard InChI is InChI=1S/C20H26O3/c1-20-7-6-15-14-5-3-13(21)8-11(14)2-4-16(15)17(20)9-12-10-18(22)23-19(12)20/h8,12,14-17,19H,2-7,9-10H2,1H3/t12-,14-,15-,16+,17+,19-,20+/m1/s1. The van der Waals surface area contributed by atoms with Gasteiger partial charge in [-0.2, -0.15) is 0 Å². The van der Waals surface area contributed by atoms with Crippen LogP contribution in [0.2, 0.25) is 0 Å². The molecule has 1 heterocycles. The van der Waals surface area contributed by atoms with Gasteiger partial charge in [0.2, 0.25) is 0 Å². The van der Waals surface area contributed by atoms with Gasteiger partial charge in [0, 0.05) is 17.8 Å². The molecule has 1 saturated heterocycles. The van der Waals surface area contributed by atoms with Crippen molar-refractivity contribution in [1.29, 1.82) is 0 Å². The fourth-order valence-electron chi connectivity index (χ4n) is 7.14. The lowest BCUT2D eigenvalue weighted by Crippen LogP contribution is -2.48. The molecule has 0 unspecified atom stereocenters. The normalized spacial score (nSPS) is 51.3. The number of hydrogen-bond acceptors (Lipinski definition) is 3. The average molecular weight is 314 g/mol. The fraction of sp³-hybridized carbons (Fsp3) is 0.800. The molecule has 0 N–H and O–H groups in total. The zero-order valence-corrected chi connectivity index (χ0v) is 13.9. The first-order valence-electron chi connectivity index (χ1n) is 9.49. The van der Waals surface area contributed by atoms with Gasteiger partial charge in [0.15, 0.2) is 5.78 Å². The average Bonchev–Trinajstić information content (AvgIpc) is 3.02. The van der Waals surface area contributed by atoms with Gasteiger partial charge in [-0.25, -0.2) is 0 Å². The van der Waals surface area contributed by atoms with E-state index >= 15 is 0 Å². The van der Waals surface area contributed by atoms with Crippen LogP contribution in [0.25, 0.3) is 0 Å². The van der Waals surface area contributed by atoms with Crippen molar-refractivity contribution in [3.63, 3.8) is 0 Å². The van der Waals surface area contributed by atoms with Crippen LogP contribution in [0.3, 0.4) is 0 Å². The number of ketones is 1. The molecule has 3 nitrogen and oxygen atoms in total. The molecular weight excluding hydrogens is 288 g/mol. The van der Waals surface area contributed by atoms with Crippen LogP contribution in [0, 0.1) is 35.0 Å². The van der Waals surface area contributed by atoms with Crippen molar-refractivity contribution in [2.24, 2.45) is 35.0 Å². The van der Waals surface area contributed by atoms with Crippen LogP contribution in [-0.2, 0) is 14.3 Å². The van der Waals surface area contributed by atoms with Crippen molar-refractivity contribution in [1.82, 2.24) is 0 Å². The van der Waals surface area contributed by atoms with Gasteiger partial charge < -0.3 is 4.74 Å². The first-order valence-corrected chi connectivity index (χ1v) is 9.49. The molecule has 0 bridgehead atoms. The molecule has 124 valence electrons. The first-order chi connectivity index (χ1) is 11.1. The molecule has 23 heavy (non-hydrogen) atoms. The number of rotatable bonds is 0. The van der Waals surface area contributed by atoms with E-state index in [2.05, 4.69) is 6.92 Å². The van der Waals surface area contributed by atoms with Crippen LogP contribution < -0.4 is 0 Å². The molecular formula is C20H26O3. The van der Waals surface area contributed by atoms with Gasteiger partial charge in [-0.3, -0.25) is 9.59 Å². The maximum absolute atomic E-state index is 11.7. The maximum atomic E-state index is 11.7. The largest absolute Gasteiger partial charge is 0.461 e. The molecule has 3 saturated carbocycles. The highest BCUT2D eigenvalue weighted by atomic mass is 16.6. The molecule has 1 aliphatic heterocycles. The quantitative estimate of drug-likeness (QED) is 0.641. The highest BCUT2D eigenvalue weighted by Crippen LogP contribution is 2.65. The Kier molecular flexibility index (Phi) is 2.91. The minimum absolute atomic E-state index is 0.0291. The summed E-state index contributed by atoms with van der Waals surface area (Å²) in [4.78, 5) is 23.5. The number of fused-ring (bicyclic) bond motifs is 7.